The average Bonchev–Trinajstić information content (AvgIpc) is 2.79. The first kappa shape index (κ1) is 14.1. The third-order valence-electron chi connectivity index (χ3n) is 2.53. The van der Waals surface area contributed by atoms with Crippen molar-refractivity contribution in [3.05, 3.63) is 58.3 Å². The Balaban J connectivity index is 2.12. The third-order valence-corrected chi connectivity index (χ3v) is 3.18. The lowest BCUT2D eigenvalue weighted by Crippen LogP contribution is -2.07. The Morgan fingerprint density at radius 3 is 2.60 bits per heavy atom. The van der Waals surface area contributed by atoms with Crippen LogP contribution in [0.5, 0.6) is 0 Å². The predicted octanol–water partition coefficient (Wildman–Crippen LogP) is 3.13. The van der Waals surface area contributed by atoms with Crippen molar-refractivity contribution in [3.63, 3.8) is 0 Å². The molecule has 0 aliphatic heterocycles. The predicted molar refractivity (Wildman–Crippen MR) is 79.6 cm³/mol. The standard InChI is InChI=1S/C14H11BrN2O3/c15-11-8-16-13(14(19)20)10(11)6-7-12(18)17-9-4-2-1-3-5-9/h1-8,16H,(H,17,18)(H,19,20)/b7-6+. The number of halogens is 1. The van der Waals surface area contributed by atoms with Gasteiger partial charge in [-0.3, -0.25) is 4.79 Å². The summed E-state index contributed by atoms with van der Waals surface area (Å²) < 4.78 is 0.582. The van der Waals surface area contributed by atoms with Crippen LogP contribution in [0.1, 0.15) is 16.1 Å². The van der Waals surface area contributed by atoms with Crippen molar-refractivity contribution < 1.29 is 14.7 Å². The number of hydrogen-bond acceptors (Lipinski definition) is 2. The van der Waals surface area contributed by atoms with E-state index in [-0.39, 0.29) is 11.6 Å². The number of H-pyrrole nitrogens is 1. The van der Waals surface area contributed by atoms with Gasteiger partial charge in [-0.05, 0) is 34.1 Å². The van der Waals surface area contributed by atoms with Gasteiger partial charge in [0.1, 0.15) is 5.69 Å². The van der Waals surface area contributed by atoms with Crippen LogP contribution in [0.2, 0.25) is 0 Å². The number of carbonyl (C=O) groups is 2. The first-order valence-corrected chi connectivity index (χ1v) is 6.51. The zero-order valence-corrected chi connectivity index (χ0v) is 11.8. The summed E-state index contributed by atoms with van der Waals surface area (Å²) in [5.74, 6) is -1.42. The lowest BCUT2D eigenvalue weighted by molar-refractivity contribution is -0.111. The minimum atomic E-state index is -1.08. The minimum Gasteiger partial charge on any atom is -0.477 e. The van der Waals surface area contributed by atoms with E-state index in [4.69, 9.17) is 5.11 Å². The van der Waals surface area contributed by atoms with Gasteiger partial charge in [0.05, 0.1) is 0 Å². The molecular formula is C14H11BrN2O3. The first-order valence-electron chi connectivity index (χ1n) is 5.72. The number of anilines is 1. The monoisotopic (exact) mass is 334 g/mol. The van der Waals surface area contributed by atoms with E-state index in [0.29, 0.717) is 15.7 Å². The van der Waals surface area contributed by atoms with Crippen LogP contribution in [0.25, 0.3) is 6.08 Å². The van der Waals surface area contributed by atoms with Crippen LogP contribution in [0, 0.1) is 0 Å². The summed E-state index contributed by atoms with van der Waals surface area (Å²) in [6.07, 6.45) is 4.24. The van der Waals surface area contributed by atoms with Crippen LogP contribution >= 0.6 is 15.9 Å². The Kier molecular flexibility index (Phi) is 4.37. The van der Waals surface area contributed by atoms with Crippen molar-refractivity contribution in [1.29, 1.82) is 0 Å². The Hall–Kier alpha value is -2.34. The minimum absolute atomic E-state index is 0.0284. The topological polar surface area (TPSA) is 82.2 Å². The first-order chi connectivity index (χ1) is 9.58. The largest absolute Gasteiger partial charge is 0.477 e. The molecule has 1 aromatic carbocycles. The highest BCUT2D eigenvalue weighted by Gasteiger charge is 2.13. The maximum absolute atomic E-state index is 11.7. The van der Waals surface area contributed by atoms with Gasteiger partial charge < -0.3 is 15.4 Å². The smallest absolute Gasteiger partial charge is 0.352 e. The Bertz CT molecular complexity index is 662. The number of carboxylic acids is 1. The number of aromatic amines is 1. The van der Waals surface area contributed by atoms with Gasteiger partial charge in [0.2, 0.25) is 5.91 Å². The number of benzene rings is 1. The lowest BCUT2D eigenvalue weighted by atomic mass is 10.2. The number of rotatable bonds is 4. The molecule has 1 amide bonds. The van der Waals surface area contributed by atoms with Gasteiger partial charge in [-0.2, -0.15) is 0 Å². The number of para-hydroxylation sites is 1. The summed E-state index contributed by atoms with van der Waals surface area (Å²) in [5, 5.41) is 11.7. The molecule has 0 fully saturated rings. The van der Waals surface area contributed by atoms with Crippen LogP contribution in [0.15, 0.2) is 47.1 Å². The van der Waals surface area contributed by atoms with Crippen molar-refractivity contribution in [2.75, 3.05) is 5.32 Å². The molecule has 2 rings (SSSR count). The maximum atomic E-state index is 11.7. The second-order valence-electron chi connectivity index (χ2n) is 3.92. The molecule has 3 N–H and O–H groups in total. The van der Waals surface area contributed by atoms with E-state index in [2.05, 4.69) is 26.2 Å². The number of aromatic carboxylic acids is 1. The zero-order chi connectivity index (χ0) is 14.5. The van der Waals surface area contributed by atoms with Crippen LogP contribution < -0.4 is 5.32 Å². The second kappa shape index (κ2) is 6.21. The number of aromatic nitrogens is 1. The normalized spacial score (nSPS) is 10.7. The van der Waals surface area contributed by atoms with E-state index in [1.165, 1.54) is 18.3 Å². The number of carbonyl (C=O) groups excluding carboxylic acids is 1. The van der Waals surface area contributed by atoms with Crippen molar-refractivity contribution in [2.24, 2.45) is 0 Å². The zero-order valence-electron chi connectivity index (χ0n) is 10.3. The van der Waals surface area contributed by atoms with Crippen LogP contribution in [-0.2, 0) is 4.79 Å². The molecule has 0 atom stereocenters. The number of nitrogens with one attached hydrogen (secondary N) is 2. The molecule has 20 heavy (non-hydrogen) atoms. The lowest BCUT2D eigenvalue weighted by Gasteiger charge is -2.00. The van der Waals surface area contributed by atoms with Crippen molar-refractivity contribution in [3.8, 4) is 0 Å². The molecule has 0 saturated heterocycles. The summed E-state index contributed by atoms with van der Waals surface area (Å²) in [6, 6.07) is 9.00. The summed E-state index contributed by atoms with van der Waals surface area (Å²) in [5.41, 5.74) is 1.12. The molecule has 0 spiro atoms. The number of hydrogen-bond donors (Lipinski definition) is 3. The van der Waals surface area contributed by atoms with E-state index in [9.17, 15) is 9.59 Å². The molecule has 1 aromatic heterocycles. The van der Waals surface area contributed by atoms with E-state index < -0.39 is 5.97 Å². The van der Waals surface area contributed by atoms with Gasteiger partial charge in [-0.15, -0.1) is 0 Å². The molecule has 5 nitrogen and oxygen atoms in total. The molecule has 0 unspecified atom stereocenters. The highest BCUT2D eigenvalue weighted by Crippen LogP contribution is 2.22. The number of amides is 1. The molecule has 0 aliphatic rings. The van der Waals surface area contributed by atoms with E-state index in [1.54, 1.807) is 12.1 Å². The highest BCUT2D eigenvalue weighted by atomic mass is 79.9. The highest BCUT2D eigenvalue weighted by molar-refractivity contribution is 9.10. The molecule has 102 valence electrons. The molecular weight excluding hydrogens is 324 g/mol. The van der Waals surface area contributed by atoms with Crippen molar-refractivity contribution >= 4 is 39.6 Å². The molecule has 0 radical (unpaired) electrons. The van der Waals surface area contributed by atoms with Gasteiger partial charge >= 0.3 is 5.97 Å². The van der Waals surface area contributed by atoms with E-state index in [0.717, 1.165) is 0 Å². The van der Waals surface area contributed by atoms with Crippen LogP contribution in [-0.4, -0.2) is 22.0 Å². The average molecular weight is 335 g/mol. The molecule has 1 heterocycles. The Labute approximate surface area is 123 Å². The van der Waals surface area contributed by atoms with E-state index >= 15 is 0 Å². The van der Waals surface area contributed by atoms with Crippen LogP contribution in [0.4, 0.5) is 5.69 Å². The van der Waals surface area contributed by atoms with Gasteiger partial charge in [0.25, 0.3) is 0 Å². The summed E-state index contributed by atoms with van der Waals surface area (Å²) in [6.45, 7) is 0. The van der Waals surface area contributed by atoms with Crippen LogP contribution in [0.3, 0.4) is 0 Å². The Morgan fingerprint density at radius 2 is 1.95 bits per heavy atom. The third kappa shape index (κ3) is 3.36. The van der Waals surface area contributed by atoms with Gasteiger partial charge in [0.15, 0.2) is 0 Å². The second-order valence-corrected chi connectivity index (χ2v) is 4.77. The SMILES string of the molecule is O=C(/C=C/c1c(Br)c[nH]c1C(=O)O)Nc1ccccc1. The Morgan fingerprint density at radius 1 is 1.25 bits per heavy atom. The molecule has 0 saturated carbocycles. The molecule has 0 aliphatic carbocycles. The fraction of sp³-hybridized carbons (Fsp3) is 0. The van der Waals surface area contributed by atoms with Gasteiger partial charge in [-0.1, -0.05) is 18.2 Å². The summed E-state index contributed by atoms with van der Waals surface area (Å²) in [7, 11) is 0. The fourth-order valence-electron chi connectivity index (χ4n) is 1.61. The number of carboxylic acid groups (broad SMARTS) is 1. The molecule has 6 heteroatoms. The summed E-state index contributed by atoms with van der Waals surface area (Å²) in [4.78, 5) is 25.3. The van der Waals surface area contributed by atoms with E-state index in [1.807, 2.05) is 18.2 Å². The fourth-order valence-corrected chi connectivity index (χ4v) is 2.06. The van der Waals surface area contributed by atoms with Crippen molar-refractivity contribution in [2.45, 2.75) is 0 Å². The van der Waals surface area contributed by atoms with Gasteiger partial charge in [0, 0.05) is 28.0 Å². The van der Waals surface area contributed by atoms with Gasteiger partial charge in [-0.25, -0.2) is 4.79 Å². The maximum Gasteiger partial charge on any atom is 0.352 e. The molecule has 0 bridgehead atoms. The quantitative estimate of drug-likeness (QED) is 0.751. The summed E-state index contributed by atoms with van der Waals surface area (Å²) >= 11 is 3.22. The van der Waals surface area contributed by atoms with Crippen molar-refractivity contribution in [1.82, 2.24) is 4.98 Å². The molecule has 2 aromatic rings.